The van der Waals surface area contributed by atoms with Crippen molar-refractivity contribution < 1.29 is 14.9 Å². The number of nitrogens with two attached hydrogens (primary N) is 1. The first-order valence-corrected chi connectivity index (χ1v) is 9.25. The smallest absolute Gasteiger partial charge is 0.223 e. The molecule has 0 aliphatic carbocycles. The molecule has 4 N–H and O–H groups in total. The molecule has 4 rings (SSSR count). The third-order valence-corrected chi connectivity index (χ3v) is 5.30. The van der Waals surface area contributed by atoms with Gasteiger partial charge in [0.05, 0.1) is 19.0 Å². The molecule has 2 aromatic heterocycles. The van der Waals surface area contributed by atoms with Gasteiger partial charge in [-0.3, -0.25) is 4.57 Å². The lowest BCUT2D eigenvalue weighted by Crippen LogP contribution is -2.19. The maximum Gasteiger partial charge on any atom is 0.223 e. The van der Waals surface area contributed by atoms with Gasteiger partial charge in [-0.05, 0) is 5.56 Å². The molecule has 8 nitrogen and oxygen atoms in total. The number of ether oxygens (including phenoxy) is 1. The average molecular weight is 373 g/mol. The van der Waals surface area contributed by atoms with Crippen LogP contribution in [0.15, 0.2) is 41.7 Å². The van der Waals surface area contributed by atoms with E-state index in [1.807, 2.05) is 30.3 Å². The quantitative estimate of drug-likeness (QED) is 0.453. The van der Waals surface area contributed by atoms with Crippen LogP contribution in [-0.2, 0) is 10.5 Å². The summed E-state index contributed by atoms with van der Waals surface area (Å²) in [6, 6.07) is 10.1. The number of imidazole rings is 1. The SMILES string of the molecule is Nc1nc(SCc2ccccc2)c2ncn([C@@H]3O[C@@H](CO)C[C@@H]3O)c2n1. The molecule has 3 heterocycles. The van der Waals surface area contributed by atoms with Crippen LogP contribution >= 0.6 is 11.8 Å². The molecule has 3 atom stereocenters. The molecule has 0 saturated carbocycles. The van der Waals surface area contributed by atoms with Gasteiger partial charge in [-0.15, -0.1) is 0 Å². The number of fused-ring (bicyclic) bond motifs is 1. The molecular weight excluding hydrogens is 354 g/mol. The van der Waals surface area contributed by atoms with Crippen LogP contribution in [0.25, 0.3) is 11.2 Å². The highest BCUT2D eigenvalue weighted by Crippen LogP contribution is 2.33. The minimum absolute atomic E-state index is 0.140. The second-order valence-corrected chi connectivity index (χ2v) is 7.08. The van der Waals surface area contributed by atoms with Gasteiger partial charge in [0.2, 0.25) is 5.95 Å². The van der Waals surface area contributed by atoms with Crippen molar-refractivity contribution >= 4 is 28.9 Å². The number of aromatic nitrogens is 4. The van der Waals surface area contributed by atoms with E-state index in [-0.39, 0.29) is 12.6 Å². The van der Waals surface area contributed by atoms with E-state index in [0.29, 0.717) is 22.6 Å². The fourth-order valence-electron chi connectivity index (χ4n) is 3.02. The van der Waals surface area contributed by atoms with Gasteiger partial charge in [0, 0.05) is 12.2 Å². The van der Waals surface area contributed by atoms with Crippen LogP contribution in [0.5, 0.6) is 0 Å². The second-order valence-electron chi connectivity index (χ2n) is 6.12. The molecule has 0 amide bonds. The van der Waals surface area contributed by atoms with Crippen LogP contribution < -0.4 is 5.73 Å². The summed E-state index contributed by atoms with van der Waals surface area (Å²) in [5.41, 5.74) is 8.18. The van der Waals surface area contributed by atoms with Gasteiger partial charge in [-0.2, -0.15) is 4.98 Å². The number of anilines is 1. The van der Waals surface area contributed by atoms with Crippen molar-refractivity contribution in [2.24, 2.45) is 0 Å². The molecular formula is C17H19N5O3S. The molecule has 1 aromatic carbocycles. The largest absolute Gasteiger partial charge is 0.394 e. The Bertz CT molecular complexity index is 904. The predicted octanol–water partition coefficient (Wildman–Crippen LogP) is 1.34. The summed E-state index contributed by atoms with van der Waals surface area (Å²) in [6.07, 6.45) is 0.119. The van der Waals surface area contributed by atoms with Crippen LogP contribution in [-0.4, -0.2) is 48.5 Å². The van der Waals surface area contributed by atoms with Crippen molar-refractivity contribution in [2.75, 3.05) is 12.3 Å². The van der Waals surface area contributed by atoms with E-state index < -0.39 is 18.4 Å². The number of benzene rings is 1. The molecule has 0 unspecified atom stereocenters. The Hall–Kier alpha value is -2.20. The van der Waals surface area contributed by atoms with Gasteiger partial charge in [-0.25, -0.2) is 9.97 Å². The highest BCUT2D eigenvalue weighted by molar-refractivity contribution is 7.98. The zero-order valence-corrected chi connectivity index (χ0v) is 14.7. The Labute approximate surface area is 154 Å². The molecule has 0 spiro atoms. The first-order valence-electron chi connectivity index (χ1n) is 8.27. The number of hydrogen-bond acceptors (Lipinski definition) is 8. The third kappa shape index (κ3) is 3.26. The van der Waals surface area contributed by atoms with Crippen LogP contribution in [0.2, 0.25) is 0 Å². The number of aliphatic hydroxyl groups is 2. The van der Waals surface area contributed by atoms with E-state index in [1.165, 1.54) is 17.3 Å². The second kappa shape index (κ2) is 7.20. The Morgan fingerprint density at radius 1 is 1.27 bits per heavy atom. The zero-order chi connectivity index (χ0) is 18.1. The van der Waals surface area contributed by atoms with Crippen molar-refractivity contribution in [3.8, 4) is 0 Å². The predicted molar refractivity (Wildman–Crippen MR) is 97.4 cm³/mol. The summed E-state index contributed by atoms with van der Waals surface area (Å²) in [5.74, 6) is 0.870. The minimum atomic E-state index is -0.749. The van der Waals surface area contributed by atoms with Gasteiger partial charge in [0.15, 0.2) is 11.9 Å². The first kappa shape index (κ1) is 17.2. The lowest BCUT2D eigenvalue weighted by Gasteiger charge is -2.16. The van der Waals surface area contributed by atoms with Crippen LogP contribution in [0.4, 0.5) is 5.95 Å². The molecule has 1 aliphatic rings. The summed E-state index contributed by atoms with van der Waals surface area (Å²) in [6.45, 7) is -0.143. The Morgan fingerprint density at radius 3 is 2.81 bits per heavy atom. The fourth-order valence-corrected chi connectivity index (χ4v) is 3.95. The normalized spacial score (nSPS) is 22.9. The summed E-state index contributed by atoms with van der Waals surface area (Å²) in [4.78, 5) is 13.0. The number of thioether (sulfide) groups is 1. The maximum atomic E-state index is 10.2. The molecule has 1 saturated heterocycles. The molecule has 26 heavy (non-hydrogen) atoms. The minimum Gasteiger partial charge on any atom is -0.394 e. The molecule has 9 heteroatoms. The van der Waals surface area contributed by atoms with E-state index >= 15 is 0 Å². The Morgan fingerprint density at radius 2 is 2.08 bits per heavy atom. The van der Waals surface area contributed by atoms with Gasteiger partial charge < -0.3 is 20.7 Å². The van der Waals surface area contributed by atoms with E-state index in [1.54, 1.807) is 10.9 Å². The third-order valence-electron chi connectivity index (χ3n) is 4.27. The van der Waals surface area contributed by atoms with Crippen molar-refractivity contribution in [3.63, 3.8) is 0 Å². The van der Waals surface area contributed by atoms with Crippen molar-refractivity contribution in [1.82, 2.24) is 19.5 Å². The highest BCUT2D eigenvalue weighted by Gasteiger charge is 2.36. The highest BCUT2D eigenvalue weighted by atomic mass is 32.2. The van der Waals surface area contributed by atoms with Gasteiger partial charge in [-0.1, -0.05) is 42.1 Å². The van der Waals surface area contributed by atoms with E-state index in [2.05, 4.69) is 15.0 Å². The molecule has 1 fully saturated rings. The lowest BCUT2D eigenvalue weighted by molar-refractivity contribution is -0.0486. The maximum absolute atomic E-state index is 10.2. The number of hydrogen-bond donors (Lipinski definition) is 3. The summed E-state index contributed by atoms with van der Waals surface area (Å²) in [5, 5.41) is 20.2. The van der Waals surface area contributed by atoms with Crippen molar-refractivity contribution in [3.05, 3.63) is 42.2 Å². The van der Waals surface area contributed by atoms with Gasteiger partial charge >= 0.3 is 0 Å². The molecule has 136 valence electrons. The van der Waals surface area contributed by atoms with Crippen molar-refractivity contribution in [1.29, 1.82) is 0 Å². The van der Waals surface area contributed by atoms with E-state index in [4.69, 9.17) is 10.5 Å². The zero-order valence-electron chi connectivity index (χ0n) is 13.9. The van der Waals surface area contributed by atoms with Gasteiger partial charge in [0.1, 0.15) is 16.6 Å². The summed E-state index contributed by atoms with van der Waals surface area (Å²) in [7, 11) is 0. The molecule has 0 radical (unpaired) electrons. The Balaban J connectivity index is 1.65. The monoisotopic (exact) mass is 373 g/mol. The summed E-state index contributed by atoms with van der Waals surface area (Å²) >= 11 is 1.53. The standard InChI is InChI=1S/C17H19N5O3S/c18-17-20-14-13(15(21-17)26-8-10-4-2-1-3-5-10)19-9-22(14)16-12(24)6-11(7-23)25-16/h1-5,9,11-12,16,23-24H,6-8H2,(H2,18,20,21)/t11-,12+,16-/m1/s1. The van der Waals surface area contributed by atoms with E-state index in [9.17, 15) is 10.2 Å². The number of nitrogens with zero attached hydrogens (tertiary/aromatic N) is 4. The Kier molecular flexibility index (Phi) is 4.77. The molecule has 0 bridgehead atoms. The van der Waals surface area contributed by atoms with Crippen molar-refractivity contribution in [2.45, 2.75) is 35.6 Å². The lowest BCUT2D eigenvalue weighted by atomic mass is 10.2. The number of aliphatic hydroxyl groups excluding tert-OH is 2. The number of nitrogen functional groups attached to an aromatic ring is 1. The average Bonchev–Trinajstić information content (AvgIpc) is 3.23. The van der Waals surface area contributed by atoms with Crippen LogP contribution in [0, 0.1) is 0 Å². The first-order chi connectivity index (χ1) is 12.7. The van der Waals surface area contributed by atoms with Crippen LogP contribution in [0.3, 0.4) is 0 Å². The molecule has 3 aromatic rings. The topological polar surface area (TPSA) is 119 Å². The van der Waals surface area contributed by atoms with Gasteiger partial charge in [0.25, 0.3) is 0 Å². The van der Waals surface area contributed by atoms with E-state index in [0.717, 1.165) is 5.75 Å². The summed E-state index contributed by atoms with van der Waals surface area (Å²) < 4.78 is 7.35. The van der Waals surface area contributed by atoms with Crippen LogP contribution in [0.1, 0.15) is 18.2 Å². The fraction of sp³-hybridized carbons (Fsp3) is 0.353. The number of rotatable bonds is 5. The molecule has 1 aliphatic heterocycles.